The van der Waals surface area contributed by atoms with Crippen LogP contribution in [0.2, 0.25) is 0 Å². The van der Waals surface area contributed by atoms with Gasteiger partial charge in [-0.15, -0.1) is 0 Å². The fourth-order valence-electron chi connectivity index (χ4n) is 3.91. The first-order valence-corrected chi connectivity index (χ1v) is 9.86. The number of rotatable bonds is 4. The number of likely N-dealkylation sites (tertiary alicyclic amines) is 2. The molecule has 2 saturated heterocycles. The molecule has 2 aliphatic heterocycles. The van der Waals surface area contributed by atoms with Crippen molar-refractivity contribution in [1.82, 2.24) is 25.1 Å². The van der Waals surface area contributed by atoms with Crippen molar-refractivity contribution in [1.29, 1.82) is 0 Å². The van der Waals surface area contributed by atoms with E-state index in [0.717, 1.165) is 37.3 Å². The highest BCUT2D eigenvalue weighted by atomic mass is 16.3. The minimum atomic E-state index is -0.598. The SMILES string of the molecule is Cc1cnc(CNC(=O)N2CCC(C(N)=O)(N3CCCCC3)CC2)cn1.O=CO. The van der Waals surface area contributed by atoms with E-state index in [1.807, 2.05) is 6.92 Å². The maximum atomic E-state index is 12.4. The first-order chi connectivity index (χ1) is 13.9. The van der Waals surface area contributed by atoms with Gasteiger partial charge in [-0.2, -0.15) is 0 Å². The van der Waals surface area contributed by atoms with Gasteiger partial charge < -0.3 is 21.1 Å². The molecule has 10 nitrogen and oxygen atoms in total. The quantitative estimate of drug-likeness (QED) is 0.618. The maximum Gasteiger partial charge on any atom is 0.317 e. The number of amides is 3. The molecule has 0 atom stereocenters. The van der Waals surface area contributed by atoms with Gasteiger partial charge in [0.1, 0.15) is 5.54 Å². The predicted octanol–water partition coefficient (Wildman–Crippen LogP) is 0.501. The summed E-state index contributed by atoms with van der Waals surface area (Å²) in [6.07, 6.45) is 7.97. The Hall–Kier alpha value is -2.75. The molecule has 3 amide bonds. The molecule has 1 aromatic rings. The number of nitrogens with two attached hydrogens (primary N) is 1. The average Bonchev–Trinajstić information content (AvgIpc) is 2.74. The first kappa shape index (κ1) is 22.5. The van der Waals surface area contributed by atoms with Crippen molar-refractivity contribution in [2.75, 3.05) is 26.2 Å². The summed E-state index contributed by atoms with van der Waals surface area (Å²) in [6.45, 7) is 4.87. The predicted molar refractivity (Wildman–Crippen MR) is 106 cm³/mol. The van der Waals surface area contributed by atoms with Gasteiger partial charge in [0.05, 0.1) is 24.1 Å². The van der Waals surface area contributed by atoms with Crippen molar-refractivity contribution in [3.63, 3.8) is 0 Å². The van der Waals surface area contributed by atoms with Gasteiger partial charge >= 0.3 is 6.03 Å². The topological polar surface area (TPSA) is 142 Å². The second kappa shape index (κ2) is 10.7. The summed E-state index contributed by atoms with van der Waals surface area (Å²) in [5, 5.41) is 9.77. The molecule has 0 spiro atoms. The number of carboxylic acid groups (broad SMARTS) is 1. The zero-order chi connectivity index (χ0) is 21.3. The number of hydrogen-bond acceptors (Lipinski definition) is 6. The lowest BCUT2D eigenvalue weighted by atomic mass is 9.83. The maximum absolute atomic E-state index is 12.4. The monoisotopic (exact) mass is 406 g/mol. The molecule has 0 radical (unpaired) electrons. The Kier molecular flexibility index (Phi) is 8.32. The highest BCUT2D eigenvalue weighted by Gasteiger charge is 2.45. The van der Waals surface area contributed by atoms with Crippen LogP contribution in [0.3, 0.4) is 0 Å². The summed E-state index contributed by atoms with van der Waals surface area (Å²) in [6, 6.07) is -0.135. The van der Waals surface area contributed by atoms with Crippen molar-refractivity contribution < 1.29 is 19.5 Å². The molecule has 160 valence electrons. The van der Waals surface area contributed by atoms with Gasteiger partial charge in [-0.05, 0) is 45.7 Å². The number of carbonyl (C=O) groups excluding carboxylic acids is 2. The van der Waals surface area contributed by atoms with Crippen molar-refractivity contribution in [2.24, 2.45) is 5.73 Å². The number of aryl methyl sites for hydroxylation is 1. The third-order valence-corrected chi connectivity index (χ3v) is 5.55. The highest BCUT2D eigenvalue weighted by Crippen LogP contribution is 2.31. The highest BCUT2D eigenvalue weighted by molar-refractivity contribution is 5.85. The number of piperidine rings is 2. The molecule has 0 aromatic carbocycles. The van der Waals surface area contributed by atoms with E-state index < -0.39 is 5.54 Å². The molecule has 0 saturated carbocycles. The van der Waals surface area contributed by atoms with Crippen LogP contribution in [0, 0.1) is 6.92 Å². The molecule has 3 rings (SSSR count). The van der Waals surface area contributed by atoms with Crippen LogP contribution in [0.5, 0.6) is 0 Å². The van der Waals surface area contributed by atoms with Crippen LogP contribution >= 0.6 is 0 Å². The largest absolute Gasteiger partial charge is 0.483 e. The minimum Gasteiger partial charge on any atom is -0.483 e. The Morgan fingerprint density at radius 3 is 2.31 bits per heavy atom. The van der Waals surface area contributed by atoms with Crippen LogP contribution in [0.15, 0.2) is 12.4 Å². The number of primary amides is 1. The molecule has 10 heteroatoms. The summed E-state index contributed by atoms with van der Waals surface area (Å²) in [4.78, 5) is 45.4. The van der Waals surface area contributed by atoms with Gasteiger partial charge in [-0.3, -0.25) is 24.5 Å². The van der Waals surface area contributed by atoms with Gasteiger partial charge in [0.2, 0.25) is 5.91 Å². The normalized spacial score (nSPS) is 18.9. The van der Waals surface area contributed by atoms with E-state index in [1.54, 1.807) is 17.3 Å². The molecule has 0 aliphatic carbocycles. The summed E-state index contributed by atoms with van der Waals surface area (Å²) in [7, 11) is 0. The molecule has 2 aliphatic rings. The lowest BCUT2D eigenvalue weighted by Gasteiger charge is -2.48. The van der Waals surface area contributed by atoms with Crippen LogP contribution < -0.4 is 11.1 Å². The minimum absolute atomic E-state index is 0.135. The van der Waals surface area contributed by atoms with E-state index in [9.17, 15) is 9.59 Å². The lowest BCUT2D eigenvalue weighted by Crippen LogP contribution is -2.64. The lowest BCUT2D eigenvalue weighted by molar-refractivity contribution is -0.134. The Morgan fingerprint density at radius 1 is 1.17 bits per heavy atom. The molecule has 3 heterocycles. The van der Waals surface area contributed by atoms with E-state index in [-0.39, 0.29) is 18.4 Å². The average molecular weight is 406 g/mol. The number of aromatic nitrogens is 2. The molecule has 1 aromatic heterocycles. The van der Waals surface area contributed by atoms with Crippen LogP contribution in [0.4, 0.5) is 4.79 Å². The van der Waals surface area contributed by atoms with Crippen molar-refractivity contribution in [3.8, 4) is 0 Å². The number of hydrogen-bond donors (Lipinski definition) is 3. The molecule has 0 bridgehead atoms. The van der Waals surface area contributed by atoms with Crippen LogP contribution in [0.1, 0.15) is 43.5 Å². The molecular weight excluding hydrogens is 376 g/mol. The van der Waals surface area contributed by atoms with E-state index >= 15 is 0 Å². The Bertz CT molecular complexity index is 682. The van der Waals surface area contributed by atoms with E-state index in [0.29, 0.717) is 32.5 Å². The van der Waals surface area contributed by atoms with E-state index in [2.05, 4.69) is 20.2 Å². The Labute approximate surface area is 170 Å². The van der Waals surface area contributed by atoms with Gasteiger partial charge in [0.25, 0.3) is 6.47 Å². The van der Waals surface area contributed by atoms with Gasteiger partial charge in [0, 0.05) is 19.3 Å². The zero-order valence-electron chi connectivity index (χ0n) is 16.8. The van der Waals surface area contributed by atoms with E-state index in [4.69, 9.17) is 15.6 Å². The number of nitrogens with zero attached hydrogens (tertiary/aromatic N) is 4. The summed E-state index contributed by atoms with van der Waals surface area (Å²) in [5.41, 5.74) is 6.76. The third-order valence-electron chi connectivity index (χ3n) is 5.55. The molecule has 0 unspecified atom stereocenters. The van der Waals surface area contributed by atoms with Crippen LogP contribution in [0.25, 0.3) is 0 Å². The second-order valence-corrected chi connectivity index (χ2v) is 7.34. The van der Waals surface area contributed by atoms with Gasteiger partial charge in [0.15, 0.2) is 0 Å². The van der Waals surface area contributed by atoms with Gasteiger partial charge in [-0.1, -0.05) is 6.42 Å². The number of carbonyl (C=O) groups is 3. The standard InChI is InChI=1S/C18H28N6O2.CH2O2/c1-14-11-21-15(12-20-14)13-22-17(26)23-9-5-18(6-10-23,16(19)25)24-7-3-2-4-8-24;2-1-3/h11-12H,2-10,13H2,1H3,(H2,19,25)(H,22,26);1H,(H,2,3). The summed E-state index contributed by atoms with van der Waals surface area (Å²) < 4.78 is 0. The third kappa shape index (κ3) is 5.86. The van der Waals surface area contributed by atoms with Crippen molar-refractivity contribution in [3.05, 3.63) is 23.8 Å². The molecule has 2 fully saturated rings. The van der Waals surface area contributed by atoms with Crippen molar-refractivity contribution in [2.45, 2.75) is 51.1 Å². The smallest absolute Gasteiger partial charge is 0.317 e. The van der Waals surface area contributed by atoms with Crippen LogP contribution in [-0.2, 0) is 16.1 Å². The Morgan fingerprint density at radius 2 is 1.79 bits per heavy atom. The van der Waals surface area contributed by atoms with Gasteiger partial charge in [-0.25, -0.2) is 4.79 Å². The molecule has 4 N–H and O–H groups in total. The summed E-state index contributed by atoms with van der Waals surface area (Å²) >= 11 is 0. The molecule has 29 heavy (non-hydrogen) atoms. The Balaban J connectivity index is 0.000000941. The zero-order valence-corrected chi connectivity index (χ0v) is 16.8. The number of urea groups is 1. The second-order valence-electron chi connectivity index (χ2n) is 7.34. The first-order valence-electron chi connectivity index (χ1n) is 9.86. The summed E-state index contributed by atoms with van der Waals surface area (Å²) in [5.74, 6) is -0.255. The fourth-order valence-corrected chi connectivity index (χ4v) is 3.91. The molecular formula is C19H30N6O4. The number of nitrogens with one attached hydrogen (secondary N) is 1. The fraction of sp³-hybridized carbons (Fsp3) is 0.632. The van der Waals surface area contributed by atoms with Crippen molar-refractivity contribution >= 4 is 18.4 Å². The van der Waals surface area contributed by atoms with E-state index in [1.165, 1.54) is 6.42 Å². The van der Waals surface area contributed by atoms with Crippen LogP contribution in [-0.4, -0.2) is 75.0 Å².